The number of hydrogen-bond donors (Lipinski definition) is 4. The highest BCUT2D eigenvalue weighted by molar-refractivity contribution is 7.72. The average Bonchev–Trinajstić information content (AvgIpc) is 1.68. The van der Waals surface area contributed by atoms with Gasteiger partial charge in [-0.1, -0.05) is 245 Å². The molecule has 4 atom stereocenters. The minimum absolute atomic E-state index is 0.0582. The second kappa shape index (κ2) is 39.7. The SMILES string of the molecule is C=C(C(c1ccccc1)n1cnc2[nH]ncc2c1=S)N1CCN(c2ccc(OC)cc2)CC1.C=C(C(c1ccccc1)n1cnc2[nH]ncc2c1=S)N1CCN(c2ccccc2)CC1.C=C(C(c1ccccc1)n1cnc2[nH]ncc2c1=S)N1CCN(c2ccccn2)CC1.CC(=O)C1(c2ccccc2)CCN(C(=O)C(c2ccccc2)n2cnc3[nH]ncc3c2=S)CC1. The number of aromatic amines is 4. The van der Waals surface area contributed by atoms with Crippen molar-refractivity contribution in [2.75, 3.05) is 113 Å². The normalized spacial score (nSPS) is 15.4. The number of ketones is 1. The third-order valence-electron chi connectivity index (χ3n) is 24.9. The van der Waals surface area contributed by atoms with Crippen LogP contribution in [0, 0.1) is 18.6 Å². The van der Waals surface area contributed by atoms with Crippen LogP contribution in [0.25, 0.3) is 44.1 Å². The predicted octanol–water partition coefficient (Wildman–Crippen LogP) is 16.9. The number of H-pyrrole nitrogens is 4. The van der Waals surface area contributed by atoms with Gasteiger partial charge in [-0.3, -0.25) is 30.0 Å². The molecule has 7 aromatic carbocycles. The van der Waals surface area contributed by atoms with Crippen LogP contribution in [0.15, 0.2) is 318 Å². The molecule has 0 bridgehead atoms. The van der Waals surface area contributed by atoms with Gasteiger partial charge in [0.2, 0.25) is 5.91 Å². The molecular weight excluding hydrogens is 1690 g/mol. The molecule has 4 aliphatic heterocycles. The third-order valence-corrected chi connectivity index (χ3v) is 26.6. The summed E-state index contributed by atoms with van der Waals surface area (Å²) in [5, 5.41) is 31.1. The molecule has 1 amide bonds. The molecule has 4 unspecified atom stereocenters. The van der Waals surface area contributed by atoms with E-state index in [0.29, 0.717) is 72.5 Å². The molecule has 9 aromatic heterocycles. The largest absolute Gasteiger partial charge is 0.497 e. The number of ether oxygens (including phenoxy) is 1. The zero-order valence-corrected chi connectivity index (χ0v) is 74.9. The Labute approximate surface area is 767 Å². The quantitative estimate of drug-likeness (QED) is 0.0487. The van der Waals surface area contributed by atoms with Gasteiger partial charge in [0, 0.05) is 126 Å². The lowest BCUT2D eigenvalue weighted by atomic mass is 9.70. The zero-order valence-electron chi connectivity index (χ0n) is 71.6. The minimum Gasteiger partial charge on any atom is -0.497 e. The first-order valence-electron chi connectivity index (χ1n) is 42.9. The van der Waals surface area contributed by atoms with Gasteiger partial charge >= 0.3 is 0 Å². The van der Waals surface area contributed by atoms with Crippen LogP contribution < -0.4 is 19.4 Å². The van der Waals surface area contributed by atoms with Crippen molar-refractivity contribution >= 4 is 122 Å². The Morgan fingerprint density at radius 3 is 1.00 bits per heavy atom. The highest BCUT2D eigenvalue weighted by Gasteiger charge is 2.43. The van der Waals surface area contributed by atoms with E-state index >= 15 is 0 Å². The highest BCUT2D eigenvalue weighted by atomic mass is 32.1. The van der Waals surface area contributed by atoms with Gasteiger partial charge in [-0.15, -0.1) is 0 Å². The zero-order chi connectivity index (χ0) is 88.9. The van der Waals surface area contributed by atoms with E-state index in [2.05, 4.69) is 212 Å². The number of benzene rings is 7. The molecule has 4 fully saturated rings. The fraction of sp³-hybridized carbons (Fsp3) is 0.235. The van der Waals surface area contributed by atoms with E-state index in [1.165, 1.54) is 11.4 Å². The number of methoxy groups -OCH3 is 1. The first kappa shape index (κ1) is 86.8. The van der Waals surface area contributed by atoms with Crippen molar-refractivity contribution in [2.45, 2.75) is 49.3 Å². The number of likely N-dealkylation sites (tertiary alicyclic amines) is 1. The molecule has 652 valence electrons. The van der Waals surface area contributed by atoms with Crippen molar-refractivity contribution in [1.82, 2.24) is 104 Å². The van der Waals surface area contributed by atoms with Crippen LogP contribution in [-0.4, -0.2) is 214 Å². The molecule has 20 rings (SSSR count). The second-order valence-electron chi connectivity index (χ2n) is 32.1. The first-order valence-corrected chi connectivity index (χ1v) is 44.6. The Hall–Kier alpha value is -14.3. The van der Waals surface area contributed by atoms with Crippen LogP contribution >= 0.6 is 48.9 Å². The van der Waals surface area contributed by atoms with Gasteiger partial charge in [-0.05, 0) is 96.1 Å². The van der Waals surface area contributed by atoms with E-state index in [9.17, 15) is 9.59 Å². The maximum Gasteiger partial charge on any atom is 0.250 e. The van der Waals surface area contributed by atoms with Crippen molar-refractivity contribution < 1.29 is 14.3 Å². The number of nitrogens with zero attached hydrogens (tertiary/aromatic N) is 20. The molecule has 0 saturated carbocycles. The Bertz CT molecular complexity index is 6620. The lowest BCUT2D eigenvalue weighted by molar-refractivity contribution is -0.137. The van der Waals surface area contributed by atoms with Crippen molar-refractivity contribution in [1.29, 1.82) is 0 Å². The number of nitrogens with one attached hydrogen (secondary N) is 4. The predicted molar refractivity (Wildman–Crippen MR) is 516 cm³/mol. The van der Waals surface area contributed by atoms with E-state index in [-0.39, 0.29) is 29.8 Å². The molecule has 4 N–H and O–H groups in total. The number of hydrogen-bond acceptors (Lipinski definition) is 22. The summed E-state index contributed by atoms with van der Waals surface area (Å²) >= 11 is 23.2. The number of piperidine rings is 1. The summed E-state index contributed by atoms with van der Waals surface area (Å²) in [7, 11) is 1.69. The molecule has 16 aromatic rings. The number of rotatable bonds is 21. The van der Waals surface area contributed by atoms with E-state index in [0.717, 1.165) is 151 Å². The summed E-state index contributed by atoms with van der Waals surface area (Å²) in [5.41, 5.74) is 12.9. The molecule has 27 nitrogen and oxygen atoms in total. The van der Waals surface area contributed by atoms with Crippen molar-refractivity contribution in [3.05, 3.63) is 364 Å². The van der Waals surface area contributed by atoms with Gasteiger partial charge < -0.3 is 57.3 Å². The molecular formula is C98H98N24O3S4. The standard InChI is InChI=1S/C26H25N5O2S.C25H26N6OS.C24H24N6S.C23H23N7S/c1-18(32)26(20-10-6-3-7-11-20)12-14-30(15-13-26)24(33)22(19-8-4-2-5-9-19)31-17-27-23-21(25(31)34)16-28-29-23;1-18(29-12-14-30(15-13-29)20-8-10-21(32-2)11-9-20)23(19-6-4-3-5-7-19)31-17-26-24-22(25(31)33)16-27-28-24;1-18(28-12-14-29(15-13-28)20-10-6-3-7-11-20)22(19-8-4-2-5-9-19)30-17-25-23-21(24(30)31)16-26-27-23;1-17(28-11-13-29(14-12-28)20-9-5-6-10-24-20)21(18-7-3-2-4-8-18)30-16-25-22-19(23(30)31)15-26-27-22/h2-11,16-17,22H,12-15H2,1H3,(H,28,29);3-11,16-17,23H,1,12-15H2,2H3,(H,27,28);2-11,16-17,22H,1,12-15H2,(H,26,27);2-10,15-16,21H,1,11-14H2,(H,26,27). The molecule has 4 aliphatic rings. The van der Waals surface area contributed by atoms with Gasteiger partial charge in [-0.25, -0.2) is 24.9 Å². The number of piperazine rings is 3. The summed E-state index contributed by atoms with van der Waals surface area (Å²) in [5.74, 6) is 1.97. The summed E-state index contributed by atoms with van der Waals surface area (Å²) in [6.45, 7) is 27.0. The van der Waals surface area contributed by atoms with Crippen LogP contribution in [0.1, 0.15) is 71.8 Å². The van der Waals surface area contributed by atoms with Crippen molar-refractivity contribution in [3.8, 4) is 5.75 Å². The molecule has 0 aliphatic carbocycles. The lowest BCUT2D eigenvalue weighted by Crippen LogP contribution is -2.50. The van der Waals surface area contributed by atoms with Crippen LogP contribution in [0.3, 0.4) is 0 Å². The Morgan fingerprint density at radius 2 is 0.667 bits per heavy atom. The molecule has 4 saturated heterocycles. The lowest BCUT2D eigenvalue weighted by Gasteiger charge is -2.41. The van der Waals surface area contributed by atoms with Crippen molar-refractivity contribution in [2.24, 2.45) is 0 Å². The fourth-order valence-corrected chi connectivity index (χ4v) is 18.9. The average molecular weight is 1790 g/mol. The number of carbonyl (C=O) groups is 2. The van der Waals surface area contributed by atoms with E-state index in [4.69, 9.17) is 53.6 Å². The Morgan fingerprint density at radius 1 is 0.357 bits per heavy atom. The van der Waals surface area contributed by atoms with E-state index < -0.39 is 11.5 Å². The maximum atomic E-state index is 14.0. The van der Waals surface area contributed by atoms with Gasteiger partial charge in [0.15, 0.2) is 22.6 Å². The van der Waals surface area contributed by atoms with Gasteiger partial charge in [0.1, 0.15) is 60.1 Å². The molecule has 13 heterocycles. The highest BCUT2D eigenvalue weighted by Crippen LogP contribution is 2.40. The minimum atomic E-state index is -0.651. The van der Waals surface area contributed by atoms with Gasteiger partial charge in [0.25, 0.3) is 0 Å². The van der Waals surface area contributed by atoms with Crippen LogP contribution in [0.5, 0.6) is 5.75 Å². The van der Waals surface area contributed by atoms with Crippen LogP contribution in [0.2, 0.25) is 0 Å². The number of anilines is 3. The maximum absolute atomic E-state index is 14.0. The topological polar surface area (TPSA) is 265 Å². The number of para-hydroxylation sites is 1. The molecule has 129 heavy (non-hydrogen) atoms. The number of amides is 1. The molecule has 0 radical (unpaired) electrons. The second-order valence-corrected chi connectivity index (χ2v) is 33.6. The summed E-state index contributed by atoms with van der Waals surface area (Å²) in [6, 6.07) is 74.3. The summed E-state index contributed by atoms with van der Waals surface area (Å²) in [6.07, 6.45) is 16.8. The van der Waals surface area contributed by atoms with Gasteiger partial charge in [0.05, 0.1) is 84.2 Å². The Kier molecular flexibility index (Phi) is 26.7. The number of fused-ring (bicyclic) bond motifs is 4. The van der Waals surface area contributed by atoms with Gasteiger partial charge in [-0.2, -0.15) is 20.4 Å². The number of allylic oxidation sites excluding steroid dienone is 3. The van der Waals surface area contributed by atoms with E-state index in [1.807, 2.05) is 152 Å². The molecule has 0 spiro atoms. The number of carbonyl (C=O) groups excluding carboxylic acids is 2. The smallest absolute Gasteiger partial charge is 0.250 e. The fourth-order valence-electron chi connectivity index (χ4n) is 17.7. The first-order chi connectivity index (χ1) is 63.1. The Balaban J connectivity index is 0.000000121. The van der Waals surface area contributed by atoms with Crippen LogP contribution in [-0.2, 0) is 15.0 Å². The number of pyridine rings is 1. The molecule has 31 heteroatoms. The monoisotopic (exact) mass is 1790 g/mol. The third kappa shape index (κ3) is 18.7. The van der Waals surface area contributed by atoms with Crippen LogP contribution in [0.4, 0.5) is 17.2 Å². The number of aromatic nitrogens is 17. The van der Waals surface area contributed by atoms with E-state index in [1.54, 1.807) is 68.7 Å². The summed E-state index contributed by atoms with van der Waals surface area (Å²) < 4.78 is 15.7. The summed E-state index contributed by atoms with van der Waals surface area (Å²) in [4.78, 5) is 65.3. The van der Waals surface area contributed by atoms with Crippen molar-refractivity contribution in [3.63, 3.8) is 0 Å². The number of Topliss-reactive ketones (excluding diaryl/α,β-unsaturated/α-hetero) is 1.